The third-order valence-electron chi connectivity index (χ3n) is 4.05. The van der Waals surface area contributed by atoms with Crippen LogP contribution in [0.15, 0.2) is 6.07 Å². The minimum Gasteiger partial charge on any atom is -0.495 e. The highest BCUT2D eigenvalue weighted by Gasteiger charge is 2.23. The molecule has 0 aliphatic heterocycles. The van der Waals surface area contributed by atoms with Gasteiger partial charge in [0.1, 0.15) is 5.75 Å². The van der Waals surface area contributed by atoms with E-state index in [1.54, 1.807) is 14.0 Å². The van der Waals surface area contributed by atoms with Crippen LogP contribution in [-0.2, 0) is 24.1 Å². The minimum absolute atomic E-state index is 0.435. The largest absolute Gasteiger partial charge is 0.495 e. The number of hydrogen-bond acceptors (Lipinski definition) is 2. The van der Waals surface area contributed by atoms with Crippen molar-refractivity contribution in [1.82, 2.24) is 0 Å². The lowest BCUT2D eigenvalue weighted by Crippen LogP contribution is -2.15. The van der Waals surface area contributed by atoms with E-state index in [1.165, 1.54) is 24.0 Å². The zero-order valence-corrected chi connectivity index (χ0v) is 12.8. The van der Waals surface area contributed by atoms with Crippen LogP contribution in [0.3, 0.4) is 0 Å². The fourth-order valence-corrected chi connectivity index (χ4v) is 3.26. The summed E-state index contributed by atoms with van der Waals surface area (Å²) in [5.41, 5.74) is 3.52. The Morgan fingerprint density at radius 1 is 1.40 bits per heavy atom. The molecule has 1 aliphatic carbocycles. The van der Waals surface area contributed by atoms with Gasteiger partial charge in [-0.2, -0.15) is 0 Å². The Hall–Kier alpha value is -1.22. The van der Waals surface area contributed by atoms with E-state index >= 15 is 0 Å². The first-order valence-corrected chi connectivity index (χ1v) is 7.52. The maximum Gasteiger partial charge on any atom is 0.306 e. The van der Waals surface area contributed by atoms with E-state index in [2.05, 4.69) is 0 Å². The Balaban J connectivity index is 2.49. The summed E-state index contributed by atoms with van der Waals surface area (Å²) in [4.78, 5) is 11.2. The van der Waals surface area contributed by atoms with Gasteiger partial charge in [-0.05, 0) is 54.9 Å². The second kappa shape index (κ2) is 6.49. The van der Waals surface area contributed by atoms with Gasteiger partial charge in [-0.3, -0.25) is 4.79 Å². The fraction of sp³-hybridized carbons (Fsp3) is 0.562. The molecular weight excluding hydrogens is 276 g/mol. The second-order valence-electron chi connectivity index (χ2n) is 5.51. The first-order chi connectivity index (χ1) is 9.54. The summed E-state index contributed by atoms with van der Waals surface area (Å²) in [5.74, 6) is -0.565. The van der Waals surface area contributed by atoms with Crippen molar-refractivity contribution in [1.29, 1.82) is 0 Å². The van der Waals surface area contributed by atoms with Gasteiger partial charge in [0.25, 0.3) is 0 Å². The number of hydrogen-bond donors (Lipinski definition) is 1. The van der Waals surface area contributed by atoms with Gasteiger partial charge >= 0.3 is 5.97 Å². The average molecular weight is 297 g/mol. The number of rotatable bonds is 4. The molecule has 1 unspecified atom stereocenters. The van der Waals surface area contributed by atoms with Crippen LogP contribution in [-0.4, -0.2) is 18.2 Å². The molecule has 0 bridgehead atoms. The van der Waals surface area contributed by atoms with Crippen molar-refractivity contribution in [2.75, 3.05) is 7.11 Å². The lowest BCUT2D eigenvalue weighted by atomic mass is 9.90. The number of benzene rings is 1. The number of aryl methyl sites for hydroxylation is 1. The van der Waals surface area contributed by atoms with Gasteiger partial charge in [-0.15, -0.1) is 0 Å². The molecule has 1 aliphatic rings. The molecule has 1 atom stereocenters. The highest BCUT2D eigenvalue weighted by Crippen LogP contribution is 2.38. The smallest absolute Gasteiger partial charge is 0.306 e. The van der Waals surface area contributed by atoms with Crippen molar-refractivity contribution in [3.05, 3.63) is 27.8 Å². The Morgan fingerprint density at radius 2 is 2.10 bits per heavy atom. The zero-order valence-electron chi connectivity index (χ0n) is 12.0. The van der Waals surface area contributed by atoms with Crippen molar-refractivity contribution in [3.8, 4) is 5.75 Å². The molecule has 0 saturated carbocycles. The van der Waals surface area contributed by atoms with Gasteiger partial charge in [0.05, 0.1) is 18.1 Å². The maximum absolute atomic E-state index is 11.2. The monoisotopic (exact) mass is 296 g/mol. The molecule has 0 saturated heterocycles. The number of ether oxygens (including phenoxy) is 1. The van der Waals surface area contributed by atoms with E-state index in [4.69, 9.17) is 21.4 Å². The zero-order chi connectivity index (χ0) is 14.7. The number of halogens is 1. The van der Waals surface area contributed by atoms with Gasteiger partial charge in [0.2, 0.25) is 0 Å². The van der Waals surface area contributed by atoms with Crippen molar-refractivity contribution < 1.29 is 14.6 Å². The number of carbonyl (C=O) groups is 1. The molecule has 0 spiro atoms. The Morgan fingerprint density at radius 3 is 2.75 bits per heavy atom. The molecular formula is C16H21ClO3. The molecule has 1 aromatic carbocycles. The number of carboxylic acids is 1. The first-order valence-electron chi connectivity index (χ1n) is 7.14. The quantitative estimate of drug-likeness (QED) is 0.858. The third-order valence-corrected chi connectivity index (χ3v) is 4.33. The van der Waals surface area contributed by atoms with Crippen LogP contribution in [0.1, 0.15) is 42.9 Å². The van der Waals surface area contributed by atoms with E-state index in [-0.39, 0.29) is 0 Å². The third kappa shape index (κ3) is 3.09. The number of aliphatic carboxylic acids is 1. The van der Waals surface area contributed by atoms with Crippen LogP contribution in [0.5, 0.6) is 5.75 Å². The molecule has 0 amide bonds. The molecule has 1 N–H and O–H groups in total. The number of methoxy groups -OCH3 is 1. The van der Waals surface area contributed by atoms with Crippen LogP contribution in [0.4, 0.5) is 0 Å². The van der Waals surface area contributed by atoms with Crippen LogP contribution in [0.25, 0.3) is 0 Å². The molecule has 4 heteroatoms. The normalized spacial score (nSPS) is 16.1. The van der Waals surface area contributed by atoms with Gasteiger partial charge in [0, 0.05) is 0 Å². The second-order valence-corrected chi connectivity index (χ2v) is 5.92. The van der Waals surface area contributed by atoms with Crippen LogP contribution < -0.4 is 4.74 Å². The molecule has 110 valence electrons. The summed E-state index contributed by atoms with van der Waals surface area (Å²) in [5, 5.41) is 9.76. The Kier molecular flexibility index (Phi) is 4.92. The maximum atomic E-state index is 11.2. The standard InChI is InChI=1S/C16H21ClO3/c1-10(16(18)19)8-13-12-7-5-3-4-6-11(12)9-14(17)15(13)20-2/h9-10H,3-8H2,1-2H3,(H,18,19). The molecule has 20 heavy (non-hydrogen) atoms. The summed E-state index contributed by atoms with van der Waals surface area (Å²) < 4.78 is 5.44. The lowest BCUT2D eigenvalue weighted by molar-refractivity contribution is -0.141. The highest BCUT2D eigenvalue weighted by molar-refractivity contribution is 6.32. The van der Waals surface area contributed by atoms with Crippen LogP contribution >= 0.6 is 11.6 Å². The molecule has 3 nitrogen and oxygen atoms in total. The van der Waals surface area contributed by atoms with Crippen molar-refractivity contribution in [3.63, 3.8) is 0 Å². The molecule has 0 fully saturated rings. The molecule has 2 rings (SSSR count). The van der Waals surface area contributed by atoms with E-state index < -0.39 is 11.9 Å². The fourth-order valence-electron chi connectivity index (χ4n) is 2.94. The Bertz CT molecular complexity index is 511. The van der Waals surface area contributed by atoms with E-state index in [9.17, 15) is 4.79 Å². The predicted molar refractivity (Wildman–Crippen MR) is 79.8 cm³/mol. The Labute approximate surface area is 124 Å². The molecule has 0 heterocycles. The number of carboxylic acid groups (broad SMARTS) is 1. The van der Waals surface area contributed by atoms with Gasteiger partial charge in [0.15, 0.2) is 0 Å². The van der Waals surface area contributed by atoms with E-state index in [0.29, 0.717) is 17.2 Å². The topological polar surface area (TPSA) is 46.5 Å². The van der Waals surface area contributed by atoms with Gasteiger partial charge < -0.3 is 9.84 Å². The summed E-state index contributed by atoms with van der Waals surface area (Å²) in [6.07, 6.45) is 6.01. The van der Waals surface area contributed by atoms with Crippen molar-refractivity contribution in [2.24, 2.45) is 5.92 Å². The van der Waals surface area contributed by atoms with E-state index in [0.717, 1.165) is 24.8 Å². The molecule has 1 aromatic rings. The van der Waals surface area contributed by atoms with Crippen LogP contribution in [0, 0.1) is 5.92 Å². The highest BCUT2D eigenvalue weighted by atomic mass is 35.5. The summed E-state index contributed by atoms with van der Waals surface area (Å²) >= 11 is 6.31. The van der Waals surface area contributed by atoms with Gasteiger partial charge in [-0.25, -0.2) is 0 Å². The van der Waals surface area contributed by atoms with Crippen molar-refractivity contribution in [2.45, 2.75) is 45.4 Å². The minimum atomic E-state index is -0.783. The average Bonchev–Trinajstić information content (AvgIpc) is 2.63. The summed E-state index contributed by atoms with van der Waals surface area (Å²) in [6.45, 7) is 1.73. The molecule has 0 radical (unpaired) electrons. The van der Waals surface area contributed by atoms with E-state index in [1.807, 2.05) is 6.07 Å². The molecule has 0 aromatic heterocycles. The predicted octanol–water partition coefficient (Wildman–Crippen LogP) is 3.88. The summed E-state index contributed by atoms with van der Waals surface area (Å²) in [7, 11) is 1.60. The summed E-state index contributed by atoms with van der Waals surface area (Å²) in [6, 6.07) is 2.00. The SMILES string of the molecule is COc1c(Cl)cc2c(c1CC(C)C(=O)O)CCCCC2. The van der Waals surface area contributed by atoms with Crippen LogP contribution in [0.2, 0.25) is 5.02 Å². The van der Waals surface area contributed by atoms with Gasteiger partial charge in [-0.1, -0.05) is 24.9 Å². The number of fused-ring (bicyclic) bond motifs is 1. The first kappa shape index (κ1) is 15.2. The lowest BCUT2D eigenvalue weighted by Gasteiger charge is -2.19. The van der Waals surface area contributed by atoms with Crippen molar-refractivity contribution >= 4 is 17.6 Å².